The fourth-order valence-corrected chi connectivity index (χ4v) is 5.73. The first kappa shape index (κ1) is 24.6. The molecule has 8 heteroatoms. The van der Waals surface area contributed by atoms with E-state index in [1.807, 2.05) is 36.6 Å². The summed E-state index contributed by atoms with van der Waals surface area (Å²) in [5.74, 6) is 2.01. The third kappa shape index (κ3) is 5.17. The third-order valence-corrected chi connectivity index (χ3v) is 7.50. The first-order chi connectivity index (χ1) is 18.5. The molecule has 0 atom stereocenters. The number of ether oxygens (including phenoxy) is 1. The Morgan fingerprint density at radius 3 is 2.29 bits per heavy atom. The largest absolute Gasteiger partial charge is 0.491 e. The molecule has 2 aliphatic carbocycles. The zero-order chi connectivity index (χ0) is 26.1. The van der Waals surface area contributed by atoms with Gasteiger partial charge in [-0.3, -0.25) is 0 Å². The van der Waals surface area contributed by atoms with Gasteiger partial charge in [-0.05, 0) is 69.9 Å². The summed E-state index contributed by atoms with van der Waals surface area (Å²) in [7, 11) is 0. The molecule has 2 fully saturated rings. The van der Waals surface area contributed by atoms with Crippen LogP contribution in [0.1, 0.15) is 65.2 Å². The topological polar surface area (TPSA) is 76.4 Å². The van der Waals surface area contributed by atoms with Crippen molar-refractivity contribution in [3.05, 3.63) is 54.5 Å². The van der Waals surface area contributed by atoms with Crippen LogP contribution in [0.3, 0.4) is 0 Å². The van der Waals surface area contributed by atoms with Gasteiger partial charge in [0.05, 0.1) is 22.9 Å². The molecule has 0 unspecified atom stereocenters. The molecule has 3 aromatic heterocycles. The van der Waals surface area contributed by atoms with Crippen molar-refractivity contribution < 1.29 is 9.13 Å². The standard InChI is InChI=1S/C30H35FN6O/c1-19(2)38-24-17-26-28(25-15-16-32-30(35-25)34-23-9-5-6-10-23)29(20-11-13-21(31)14-12-20)36-37(26)27(18-24)33-22-7-3-4-8-22/h11-19,22-23,33H,3-10H2,1-2H3,(H,32,34,35). The van der Waals surface area contributed by atoms with Crippen molar-refractivity contribution in [1.82, 2.24) is 19.6 Å². The number of anilines is 2. The highest BCUT2D eigenvalue weighted by atomic mass is 19.1. The Kier molecular flexibility index (Phi) is 6.87. The Balaban J connectivity index is 1.53. The number of rotatable bonds is 8. The molecule has 2 N–H and O–H groups in total. The van der Waals surface area contributed by atoms with Crippen LogP contribution in [0.2, 0.25) is 0 Å². The molecule has 0 aliphatic heterocycles. The molecule has 38 heavy (non-hydrogen) atoms. The molecular weight excluding hydrogens is 479 g/mol. The molecule has 6 rings (SSSR count). The maximum Gasteiger partial charge on any atom is 0.223 e. The summed E-state index contributed by atoms with van der Waals surface area (Å²) in [6.07, 6.45) is 11.3. The van der Waals surface area contributed by atoms with Gasteiger partial charge in [-0.25, -0.2) is 18.9 Å². The summed E-state index contributed by atoms with van der Waals surface area (Å²) in [4.78, 5) is 9.46. The third-order valence-electron chi connectivity index (χ3n) is 7.50. The van der Waals surface area contributed by atoms with E-state index in [0.29, 0.717) is 18.0 Å². The smallest absolute Gasteiger partial charge is 0.223 e. The van der Waals surface area contributed by atoms with Gasteiger partial charge in [0.25, 0.3) is 0 Å². The zero-order valence-electron chi connectivity index (χ0n) is 22.1. The average Bonchev–Trinajstić information content (AvgIpc) is 3.66. The van der Waals surface area contributed by atoms with Gasteiger partial charge >= 0.3 is 0 Å². The quantitative estimate of drug-likeness (QED) is 0.261. The number of hydrogen-bond donors (Lipinski definition) is 2. The highest BCUT2D eigenvalue weighted by molar-refractivity contribution is 5.92. The van der Waals surface area contributed by atoms with E-state index in [0.717, 1.165) is 65.3 Å². The first-order valence-corrected chi connectivity index (χ1v) is 13.9. The average molecular weight is 515 g/mol. The molecule has 3 heterocycles. The fraction of sp³-hybridized carbons (Fsp3) is 0.433. The predicted octanol–water partition coefficient (Wildman–Crippen LogP) is 7.09. The van der Waals surface area contributed by atoms with Crippen LogP contribution >= 0.6 is 0 Å². The van der Waals surface area contributed by atoms with E-state index in [4.69, 9.17) is 14.8 Å². The lowest BCUT2D eigenvalue weighted by atomic mass is 10.0. The Labute approximate surface area is 222 Å². The minimum atomic E-state index is -0.277. The summed E-state index contributed by atoms with van der Waals surface area (Å²) in [6, 6.07) is 13.3. The van der Waals surface area contributed by atoms with Gasteiger partial charge < -0.3 is 15.4 Å². The van der Waals surface area contributed by atoms with E-state index in [1.165, 1.54) is 37.8 Å². The summed E-state index contributed by atoms with van der Waals surface area (Å²) in [6.45, 7) is 4.06. The molecule has 0 amide bonds. The lowest BCUT2D eigenvalue weighted by Gasteiger charge is -2.17. The minimum Gasteiger partial charge on any atom is -0.491 e. The molecule has 4 aromatic rings. The normalized spacial score (nSPS) is 16.5. The lowest BCUT2D eigenvalue weighted by Crippen LogP contribution is -2.17. The second-order valence-electron chi connectivity index (χ2n) is 10.8. The monoisotopic (exact) mass is 514 g/mol. The number of aromatic nitrogens is 4. The maximum atomic E-state index is 13.9. The molecule has 198 valence electrons. The van der Waals surface area contributed by atoms with E-state index in [1.54, 1.807) is 18.3 Å². The van der Waals surface area contributed by atoms with Crippen LogP contribution in [-0.4, -0.2) is 37.8 Å². The molecule has 0 spiro atoms. The Hall–Kier alpha value is -3.68. The summed E-state index contributed by atoms with van der Waals surface area (Å²) in [5.41, 5.74) is 4.09. The van der Waals surface area contributed by atoms with E-state index < -0.39 is 0 Å². The molecule has 0 saturated heterocycles. The van der Waals surface area contributed by atoms with Crippen LogP contribution in [0.4, 0.5) is 16.2 Å². The summed E-state index contributed by atoms with van der Waals surface area (Å²) in [5, 5.41) is 12.3. The number of nitrogens with zero attached hydrogens (tertiary/aromatic N) is 4. The van der Waals surface area contributed by atoms with Crippen molar-refractivity contribution in [3.63, 3.8) is 0 Å². The van der Waals surface area contributed by atoms with E-state index in [-0.39, 0.29) is 11.9 Å². The summed E-state index contributed by atoms with van der Waals surface area (Å²) >= 11 is 0. The Morgan fingerprint density at radius 1 is 0.921 bits per heavy atom. The van der Waals surface area contributed by atoms with E-state index in [2.05, 4.69) is 15.6 Å². The number of nitrogens with one attached hydrogen (secondary N) is 2. The minimum absolute atomic E-state index is 0.0287. The SMILES string of the molecule is CC(C)Oc1cc(NC2CCCC2)n2nc(-c3ccc(F)cc3)c(-c3ccnc(NC4CCCC4)n3)c2c1. The molecule has 0 bridgehead atoms. The van der Waals surface area contributed by atoms with E-state index in [9.17, 15) is 4.39 Å². The Morgan fingerprint density at radius 2 is 1.61 bits per heavy atom. The first-order valence-electron chi connectivity index (χ1n) is 13.9. The highest BCUT2D eigenvalue weighted by Crippen LogP contribution is 2.38. The molecule has 2 aliphatic rings. The second kappa shape index (κ2) is 10.6. The van der Waals surface area contributed by atoms with E-state index >= 15 is 0 Å². The molecule has 1 aromatic carbocycles. The van der Waals surface area contributed by atoms with Crippen LogP contribution in [0, 0.1) is 5.82 Å². The summed E-state index contributed by atoms with van der Waals surface area (Å²) < 4.78 is 22.0. The maximum absolute atomic E-state index is 13.9. The van der Waals surface area contributed by atoms with Crippen molar-refractivity contribution in [2.24, 2.45) is 0 Å². The highest BCUT2D eigenvalue weighted by Gasteiger charge is 2.24. The molecule has 2 saturated carbocycles. The van der Waals surface area contributed by atoms with Crippen LogP contribution in [0.15, 0.2) is 48.7 Å². The van der Waals surface area contributed by atoms with Crippen molar-refractivity contribution in [2.75, 3.05) is 10.6 Å². The zero-order valence-corrected chi connectivity index (χ0v) is 22.1. The molecule has 0 radical (unpaired) electrons. The van der Waals surface area contributed by atoms with Crippen molar-refractivity contribution in [1.29, 1.82) is 0 Å². The van der Waals surface area contributed by atoms with Crippen molar-refractivity contribution >= 4 is 17.3 Å². The number of pyridine rings is 1. The van der Waals surface area contributed by atoms with Gasteiger partial charge in [0, 0.05) is 36.0 Å². The lowest BCUT2D eigenvalue weighted by molar-refractivity contribution is 0.242. The predicted molar refractivity (Wildman–Crippen MR) is 149 cm³/mol. The van der Waals surface area contributed by atoms with Gasteiger partial charge in [-0.15, -0.1) is 0 Å². The Bertz CT molecular complexity index is 1400. The van der Waals surface area contributed by atoms with Crippen LogP contribution in [-0.2, 0) is 0 Å². The number of fused-ring (bicyclic) bond motifs is 1. The fourth-order valence-electron chi connectivity index (χ4n) is 5.73. The van der Waals surface area contributed by atoms with Crippen LogP contribution in [0.25, 0.3) is 28.0 Å². The molecular formula is C30H35FN6O. The van der Waals surface area contributed by atoms with Crippen molar-refractivity contribution in [2.45, 2.75) is 83.4 Å². The van der Waals surface area contributed by atoms with Gasteiger partial charge in [-0.1, -0.05) is 25.7 Å². The van der Waals surface area contributed by atoms with Crippen LogP contribution in [0.5, 0.6) is 5.75 Å². The second-order valence-corrected chi connectivity index (χ2v) is 10.8. The van der Waals surface area contributed by atoms with Gasteiger partial charge in [-0.2, -0.15) is 5.10 Å². The van der Waals surface area contributed by atoms with Crippen LogP contribution < -0.4 is 15.4 Å². The van der Waals surface area contributed by atoms with Gasteiger partial charge in [0.15, 0.2) is 0 Å². The van der Waals surface area contributed by atoms with Gasteiger partial charge in [0.1, 0.15) is 23.1 Å². The van der Waals surface area contributed by atoms with Gasteiger partial charge in [0.2, 0.25) is 5.95 Å². The van der Waals surface area contributed by atoms with Crippen molar-refractivity contribution in [3.8, 4) is 28.3 Å². The number of benzene rings is 1. The number of hydrogen-bond acceptors (Lipinski definition) is 6. The molecule has 7 nitrogen and oxygen atoms in total. The number of halogens is 1.